The Kier molecular flexibility index (Phi) is 6.44. The molecule has 0 saturated heterocycles. The minimum Gasteiger partial charge on any atom is -0.367 e. The first-order valence-corrected chi connectivity index (χ1v) is 11.3. The van der Waals surface area contributed by atoms with Gasteiger partial charge in [0, 0.05) is 35.9 Å². The van der Waals surface area contributed by atoms with Crippen LogP contribution >= 0.6 is 11.6 Å². The van der Waals surface area contributed by atoms with E-state index in [0.29, 0.717) is 23.7 Å². The second-order valence-electron chi connectivity index (χ2n) is 7.46. The smallest absolute Gasteiger partial charge is 0.231 e. The fraction of sp³-hybridized carbons (Fsp3) is 0.400. The maximum Gasteiger partial charge on any atom is 0.231 e. The first kappa shape index (κ1) is 20.3. The highest BCUT2D eigenvalue weighted by molar-refractivity contribution is 7.77. The van der Waals surface area contributed by atoms with Crippen molar-refractivity contribution in [1.29, 1.82) is 0 Å². The van der Waals surface area contributed by atoms with E-state index in [-0.39, 0.29) is 0 Å². The van der Waals surface area contributed by atoms with Gasteiger partial charge in [0.25, 0.3) is 0 Å². The molecular weight excluding hydrogens is 410 g/mol. The molecule has 1 unspecified atom stereocenters. The molecule has 1 aliphatic carbocycles. The number of anilines is 1. The molecular formula is C20H24ClN5O2S. The van der Waals surface area contributed by atoms with Gasteiger partial charge in [0.2, 0.25) is 11.3 Å². The Labute approximate surface area is 177 Å². The normalized spacial score (nSPS) is 20.6. The lowest BCUT2D eigenvalue weighted by Gasteiger charge is -2.29. The van der Waals surface area contributed by atoms with Gasteiger partial charge in [0.05, 0.1) is 0 Å². The number of nitrogens with one attached hydrogen (secondary N) is 3. The fourth-order valence-electron chi connectivity index (χ4n) is 4.08. The summed E-state index contributed by atoms with van der Waals surface area (Å²) in [5.74, 6) is 1.37. The van der Waals surface area contributed by atoms with E-state index in [4.69, 9.17) is 16.2 Å². The van der Waals surface area contributed by atoms with Crippen molar-refractivity contribution in [3.8, 4) is 11.1 Å². The monoisotopic (exact) mass is 433 g/mol. The lowest BCUT2D eigenvalue weighted by Crippen LogP contribution is -2.28. The maximum absolute atomic E-state index is 10.7. The van der Waals surface area contributed by atoms with Crippen molar-refractivity contribution in [2.75, 3.05) is 11.9 Å². The molecule has 0 radical (unpaired) electrons. The van der Waals surface area contributed by atoms with Crippen LogP contribution in [0.1, 0.15) is 32.1 Å². The van der Waals surface area contributed by atoms with E-state index in [9.17, 15) is 4.21 Å². The van der Waals surface area contributed by atoms with Crippen LogP contribution in [0.5, 0.6) is 0 Å². The highest BCUT2D eigenvalue weighted by Crippen LogP contribution is 2.32. The zero-order valence-corrected chi connectivity index (χ0v) is 17.5. The number of pyridine rings is 2. The van der Waals surface area contributed by atoms with Gasteiger partial charge in [0.15, 0.2) is 0 Å². The Hall–Kier alpha value is -2.00. The standard InChI is InChI=1S/C20H24ClN5O2S/c21-18-10-14(17-12-23-20-16(17)2-1-8-22-20)11-19(26-18)25-15-5-3-13(4-6-15)7-9-24-29(27)28/h1-2,8,10-13,15,24H,3-7,9H2,(H,22,23)(H,25,26)(H,27,28). The topological polar surface area (TPSA) is 103 Å². The van der Waals surface area contributed by atoms with Crippen molar-refractivity contribution in [1.82, 2.24) is 19.7 Å². The molecule has 29 heavy (non-hydrogen) atoms. The molecule has 1 aliphatic rings. The van der Waals surface area contributed by atoms with Crippen LogP contribution in [0.3, 0.4) is 0 Å². The van der Waals surface area contributed by atoms with E-state index >= 15 is 0 Å². The van der Waals surface area contributed by atoms with Gasteiger partial charge in [-0.2, -0.15) is 0 Å². The maximum atomic E-state index is 10.7. The molecule has 3 aromatic rings. The van der Waals surface area contributed by atoms with E-state index in [2.05, 4.69) is 25.0 Å². The summed E-state index contributed by atoms with van der Waals surface area (Å²) < 4.78 is 22.0. The predicted octanol–water partition coefficient (Wildman–Crippen LogP) is 4.37. The molecule has 0 spiro atoms. The fourth-order valence-corrected chi connectivity index (χ4v) is 4.58. The molecule has 4 N–H and O–H groups in total. The average Bonchev–Trinajstić information content (AvgIpc) is 3.13. The van der Waals surface area contributed by atoms with Gasteiger partial charge < -0.3 is 10.3 Å². The van der Waals surface area contributed by atoms with Gasteiger partial charge >= 0.3 is 0 Å². The highest BCUT2D eigenvalue weighted by atomic mass is 35.5. The Morgan fingerprint density at radius 1 is 1.28 bits per heavy atom. The average molecular weight is 434 g/mol. The van der Waals surface area contributed by atoms with E-state index in [1.54, 1.807) is 6.20 Å². The van der Waals surface area contributed by atoms with Crippen LogP contribution < -0.4 is 10.0 Å². The first-order valence-electron chi connectivity index (χ1n) is 9.79. The largest absolute Gasteiger partial charge is 0.367 e. The molecule has 9 heteroatoms. The number of hydrogen-bond donors (Lipinski definition) is 4. The molecule has 0 bridgehead atoms. The Balaban J connectivity index is 1.41. The van der Waals surface area contributed by atoms with Crippen LogP contribution in [0.15, 0.2) is 36.7 Å². The highest BCUT2D eigenvalue weighted by Gasteiger charge is 2.21. The predicted molar refractivity (Wildman–Crippen MR) is 117 cm³/mol. The van der Waals surface area contributed by atoms with Crippen LogP contribution in [0.25, 0.3) is 22.2 Å². The number of rotatable bonds is 7. The summed E-state index contributed by atoms with van der Waals surface area (Å²) in [6, 6.07) is 8.23. The van der Waals surface area contributed by atoms with Gasteiger partial charge in [-0.1, -0.05) is 11.6 Å². The second kappa shape index (κ2) is 9.21. The Morgan fingerprint density at radius 2 is 2.10 bits per heavy atom. The SMILES string of the molecule is O=S(O)NCCC1CCC(Nc2cc(-c3c[nH]c4ncccc34)cc(Cl)n2)CC1. The molecule has 0 aromatic carbocycles. The molecule has 4 rings (SSSR count). The third-order valence-electron chi connectivity index (χ3n) is 5.53. The van der Waals surface area contributed by atoms with Gasteiger partial charge in [0.1, 0.15) is 16.6 Å². The third kappa shape index (κ3) is 5.14. The van der Waals surface area contributed by atoms with Crippen molar-refractivity contribution < 1.29 is 8.76 Å². The number of aromatic nitrogens is 3. The van der Waals surface area contributed by atoms with Gasteiger partial charge in [-0.05, 0) is 67.9 Å². The molecule has 1 atom stereocenters. The zero-order valence-electron chi connectivity index (χ0n) is 15.9. The van der Waals surface area contributed by atoms with E-state index < -0.39 is 11.3 Å². The van der Waals surface area contributed by atoms with E-state index in [0.717, 1.165) is 60.1 Å². The molecule has 3 aromatic heterocycles. The molecule has 1 fully saturated rings. The van der Waals surface area contributed by atoms with Crippen LogP contribution in [0.2, 0.25) is 5.15 Å². The Bertz CT molecular complexity index is 1000. The van der Waals surface area contributed by atoms with Crippen molar-refractivity contribution in [3.63, 3.8) is 0 Å². The van der Waals surface area contributed by atoms with Crippen molar-refractivity contribution >= 4 is 39.7 Å². The summed E-state index contributed by atoms with van der Waals surface area (Å²) in [5, 5.41) is 5.05. The summed E-state index contributed by atoms with van der Waals surface area (Å²) in [7, 11) is 0. The lowest BCUT2D eigenvalue weighted by atomic mass is 9.84. The van der Waals surface area contributed by atoms with Crippen molar-refractivity contribution in [2.24, 2.45) is 5.92 Å². The van der Waals surface area contributed by atoms with E-state index in [1.807, 2.05) is 30.5 Å². The number of hydrogen-bond acceptors (Lipinski definition) is 4. The third-order valence-corrected chi connectivity index (χ3v) is 6.18. The van der Waals surface area contributed by atoms with Gasteiger partial charge in [-0.15, -0.1) is 0 Å². The summed E-state index contributed by atoms with van der Waals surface area (Å²) >= 11 is 4.39. The summed E-state index contributed by atoms with van der Waals surface area (Å²) in [6.07, 6.45) is 8.93. The number of nitrogens with zero attached hydrogens (tertiary/aromatic N) is 2. The number of halogens is 1. The quantitative estimate of drug-likeness (QED) is 0.327. The molecule has 3 heterocycles. The number of fused-ring (bicyclic) bond motifs is 1. The summed E-state index contributed by atoms with van der Waals surface area (Å²) in [4.78, 5) is 12.0. The lowest BCUT2D eigenvalue weighted by molar-refractivity contribution is 0.321. The molecule has 7 nitrogen and oxygen atoms in total. The van der Waals surface area contributed by atoms with Crippen molar-refractivity contribution in [3.05, 3.63) is 41.8 Å². The zero-order chi connectivity index (χ0) is 20.2. The summed E-state index contributed by atoms with van der Waals surface area (Å²) in [6.45, 7) is 0.574. The first-order chi connectivity index (χ1) is 14.1. The van der Waals surface area contributed by atoms with Gasteiger partial charge in [-0.3, -0.25) is 4.55 Å². The number of H-pyrrole nitrogens is 1. The summed E-state index contributed by atoms with van der Waals surface area (Å²) in [5.41, 5.74) is 2.91. The van der Waals surface area contributed by atoms with Crippen LogP contribution in [0.4, 0.5) is 5.82 Å². The minimum atomic E-state index is -1.92. The van der Waals surface area contributed by atoms with Crippen molar-refractivity contribution in [2.45, 2.75) is 38.1 Å². The molecule has 0 aliphatic heterocycles. The minimum absolute atomic E-state index is 0.356. The second-order valence-corrected chi connectivity index (χ2v) is 8.63. The van der Waals surface area contributed by atoms with E-state index in [1.165, 1.54) is 0 Å². The van der Waals surface area contributed by atoms with Crippen LogP contribution in [-0.4, -0.2) is 36.3 Å². The molecule has 154 valence electrons. The van der Waals surface area contributed by atoms with Crippen LogP contribution in [-0.2, 0) is 11.3 Å². The Morgan fingerprint density at radius 3 is 2.90 bits per heavy atom. The molecule has 0 amide bonds. The molecule has 1 saturated carbocycles. The number of aromatic amines is 1. The van der Waals surface area contributed by atoms with Gasteiger partial charge in [-0.25, -0.2) is 18.9 Å². The van der Waals surface area contributed by atoms with Crippen LogP contribution in [0, 0.1) is 5.92 Å².